The molecule has 7 nitrogen and oxygen atoms in total. The standard InChI is InChI=1S/C32H35ClF3N3O4S/c1-2-29(31(41)37-24-13-9-10-14-24)38(20-19-23-11-5-3-6-12-23)30(40)22-39(44(42,43)26-15-7-4-8-16-26)25-17-18-28(33)27(21-25)32(34,35)36/h3-8,11-12,15-18,21,24,29H,2,9-10,13-14,19-20,22H2,1H3,(H,37,41). The summed E-state index contributed by atoms with van der Waals surface area (Å²) < 4.78 is 69.8. The fourth-order valence-electron chi connectivity index (χ4n) is 5.40. The highest BCUT2D eigenvalue weighted by Crippen LogP contribution is 2.38. The van der Waals surface area contributed by atoms with Crippen LogP contribution >= 0.6 is 11.6 Å². The molecule has 1 aliphatic carbocycles. The lowest BCUT2D eigenvalue weighted by Gasteiger charge is -2.34. The van der Waals surface area contributed by atoms with Crippen molar-refractivity contribution in [3.63, 3.8) is 0 Å². The fourth-order valence-corrected chi connectivity index (χ4v) is 7.05. The molecule has 0 aliphatic heterocycles. The highest BCUT2D eigenvalue weighted by molar-refractivity contribution is 7.92. The van der Waals surface area contributed by atoms with E-state index >= 15 is 0 Å². The molecule has 4 rings (SSSR count). The highest BCUT2D eigenvalue weighted by atomic mass is 35.5. The number of hydrogen-bond acceptors (Lipinski definition) is 4. The second-order valence-electron chi connectivity index (χ2n) is 10.7. The van der Waals surface area contributed by atoms with Gasteiger partial charge in [0.15, 0.2) is 0 Å². The third-order valence-electron chi connectivity index (χ3n) is 7.73. The van der Waals surface area contributed by atoms with E-state index in [9.17, 15) is 31.2 Å². The van der Waals surface area contributed by atoms with E-state index in [1.165, 1.54) is 29.2 Å². The number of alkyl halides is 3. The van der Waals surface area contributed by atoms with Crippen molar-refractivity contribution in [3.05, 3.63) is 95.0 Å². The van der Waals surface area contributed by atoms with E-state index in [-0.39, 0.29) is 35.5 Å². The summed E-state index contributed by atoms with van der Waals surface area (Å²) in [5.74, 6) is -1.07. The number of halogens is 4. The van der Waals surface area contributed by atoms with Gasteiger partial charge in [-0.2, -0.15) is 13.2 Å². The Morgan fingerprint density at radius 1 is 0.977 bits per heavy atom. The van der Waals surface area contributed by atoms with Crippen molar-refractivity contribution in [2.75, 3.05) is 17.4 Å². The van der Waals surface area contributed by atoms with E-state index in [1.54, 1.807) is 13.0 Å². The van der Waals surface area contributed by atoms with E-state index in [0.29, 0.717) is 16.8 Å². The molecule has 0 spiro atoms. The molecule has 0 radical (unpaired) electrons. The van der Waals surface area contributed by atoms with Gasteiger partial charge < -0.3 is 10.2 Å². The van der Waals surface area contributed by atoms with E-state index in [1.807, 2.05) is 30.3 Å². The Balaban J connectivity index is 1.73. The topological polar surface area (TPSA) is 86.8 Å². The number of benzene rings is 3. The van der Waals surface area contributed by atoms with Crippen molar-refractivity contribution in [1.29, 1.82) is 0 Å². The first-order valence-electron chi connectivity index (χ1n) is 14.5. The summed E-state index contributed by atoms with van der Waals surface area (Å²) in [4.78, 5) is 28.7. The van der Waals surface area contributed by atoms with Crippen LogP contribution in [0.5, 0.6) is 0 Å². The number of amides is 2. The van der Waals surface area contributed by atoms with E-state index < -0.39 is 45.3 Å². The predicted molar refractivity (Wildman–Crippen MR) is 164 cm³/mol. The van der Waals surface area contributed by atoms with Crippen LogP contribution in [0, 0.1) is 0 Å². The number of carbonyl (C=O) groups excluding carboxylic acids is 2. The monoisotopic (exact) mass is 649 g/mol. The number of nitrogens with zero attached hydrogens (tertiary/aromatic N) is 2. The van der Waals surface area contributed by atoms with Gasteiger partial charge in [-0.15, -0.1) is 0 Å². The van der Waals surface area contributed by atoms with Crippen LogP contribution in [0.15, 0.2) is 83.8 Å². The fraction of sp³-hybridized carbons (Fsp3) is 0.375. The van der Waals surface area contributed by atoms with Gasteiger partial charge in [-0.3, -0.25) is 13.9 Å². The molecule has 1 atom stereocenters. The first-order valence-corrected chi connectivity index (χ1v) is 16.3. The number of nitrogens with one attached hydrogen (secondary N) is 1. The van der Waals surface area contributed by atoms with Gasteiger partial charge in [0.2, 0.25) is 11.8 Å². The number of carbonyl (C=O) groups is 2. The molecule has 1 saturated carbocycles. The quantitative estimate of drug-likeness (QED) is 0.244. The second-order valence-corrected chi connectivity index (χ2v) is 13.0. The maximum Gasteiger partial charge on any atom is 0.417 e. The maximum absolute atomic E-state index is 14.1. The van der Waals surface area contributed by atoms with Gasteiger partial charge in [-0.05, 0) is 61.6 Å². The second kappa shape index (κ2) is 14.5. The van der Waals surface area contributed by atoms with E-state index in [4.69, 9.17) is 11.6 Å². The van der Waals surface area contributed by atoms with E-state index in [0.717, 1.165) is 43.4 Å². The lowest BCUT2D eigenvalue weighted by Crippen LogP contribution is -2.54. The molecule has 1 N–H and O–H groups in total. The molecular formula is C32H35ClF3N3O4S. The zero-order chi connectivity index (χ0) is 31.9. The van der Waals surface area contributed by atoms with Crippen LogP contribution in [-0.2, 0) is 32.2 Å². The molecule has 12 heteroatoms. The third kappa shape index (κ3) is 8.12. The van der Waals surface area contributed by atoms with Crippen molar-refractivity contribution >= 4 is 39.1 Å². The summed E-state index contributed by atoms with van der Waals surface area (Å²) in [5, 5.41) is 2.42. The minimum Gasteiger partial charge on any atom is -0.352 e. The molecule has 1 aliphatic rings. The molecule has 3 aromatic carbocycles. The van der Waals surface area contributed by atoms with Crippen LogP contribution in [0.25, 0.3) is 0 Å². The Morgan fingerprint density at radius 2 is 1.59 bits per heavy atom. The Hall–Kier alpha value is -3.57. The van der Waals surface area contributed by atoms with Crippen LogP contribution in [0.4, 0.5) is 18.9 Å². The van der Waals surface area contributed by atoms with Gasteiger partial charge in [0.25, 0.3) is 10.0 Å². The zero-order valence-corrected chi connectivity index (χ0v) is 25.8. The minimum absolute atomic E-state index is 0.00700. The molecule has 44 heavy (non-hydrogen) atoms. The molecule has 0 bridgehead atoms. The summed E-state index contributed by atoms with van der Waals surface area (Å²) in [7, 11) is -4.52. The van der Waals surface area contributed by atoms with Crippen molar-refractivity contribution < 1.29 is 31.2 Å². The molecule has 1 unspecified atom stereocenters. The smallest absolute Gasteiger partial charge is 0.352 e. The number of rotatable bonds is 12. The predicted octanol–water partition coefficient (Wildman–Crippen LogP) is 6.46. The normalized spacial score (nSPS) is 14.7. The van der Waals surface area contributed by atoms with Crippen molar-refractivity contribution in [3.8, 4) is 0 Å². The van der Waals surface area contributed by atoms with Gasteiger partial charge in [0.1, 0.15) is 12.6 Å². The number of anilines is 1. The molecule has 0 saturated heterocycles. The average Bonchev–Trinajstić information content (AvgIpc) is 3.51. The van der Waals surface area contributed by atoms with Crippen molar-refractivity contribution in [1.82, 2.24) is 10.2 Å². The van der Waals surface area contributed by atoms with Gasteiger partial charge in [-0.1, -0.05) is 79.9 Å². The highest BCUT2D eigenvalue weighted by Gasteiger charge is 2.37. The van der Waals surface area contributed by atoms with Crippen LogP contribution in [-0.4, -0.2) is 50.3 Å². The summed E-state index contributed by atoms with van der Waals surface area (Å²) in [6.07, 6.45) is -0.583. The maximum atomic E-state index is 14.1. The molecule has 0 aromatic heterocycles. The molecule has 236 valence electrons. The summed E-state index contributed by atoms with van der Waals surface area (Å²) in [6.45, 7) is 1.01. The lowest BCUT2D eigenvalue weighted by molar-refractivity contribution is -0.139. The molecule has 2 amide bonds. The first-order chi connectivity index (χ1) is 20.9. The van der Waals surface area contributed by atoms with Gasteiger partial charge in [-0.25, -0.2) is 8.42 Å². The third-order valence-corrected chi connectivity index (χ3v) is 9.84. The first kappa shape index (κ1) is 33.3. The largest absolute Gasteiger partial charge is 0.417 e. The zero-order valence-electron chi connectivity index (χ0n) is 24.3. The Labute approximate surface area is 261 Å². The summed E-state index contributed by atoms with van der Waals surface area (Å²) in [6, 6.07) is 18.2. The molecule has 1 fully saturated rings. The van der Waals surface area contributed by atoms with Crippen LogP contribution in [0.2, 0.25) is 5.02 Å². The van der Waals surface area contributed by atoms with E-state index in [2.05, 4.69) is 5.32 Å². The van der Waals surface area contributed by atoms with Crippen LogP contribution in [0.1, 0.15) is 50.2 Å². The Morgan fingerprint density at radius 3 is 2.18 bits per heavy atom. The molecular weight excluding hydrogens is 615 g/mol. The Kier molecular flexibility index (Phi) is 11.0. The molecule has 3 aromatic rings. The van der Waals surface area contributed by atoms with Gasteiger partial charge >= 0.3 is 6.18 Å². The van der Waals surface area contributed by atoms with Gasteiger partial charge in [0, 0.05) is 12.6 Å². The summed E-state index contributed by atoms with van der Waals surface area (Å²) in [5.41, 5.74) is -0.719. The van der Waals surface area contributed by atoms with Crippen LogP contribution in [0.3, 0.4) is 0 Å². The average molecular weight is 650 g/mol. The number of sulfonamides is 1. The Bertz CT molecular complexity index is 1530. The van der Waals surface area contributed by atoms with Gasteiger partial charge in [0.05, 0.1) is 21.2 Å². The minimum atomic E-state index is -4.87. The number of hydrogen-bond donors (Lipinski definition) is 1. The van der Waals surface area contributed by atoms with Crippen molar-refractivity contribution in [2.45, 2.75) is 68.6 Å². The lowest BCUT2D eigenvalue weighted by atomic mass is 10.1. The van der Waals surface area contributed by atoms with Crippen molar-refractivity contribution in [2.24, 2.45) is 0 Å². The summed E-state index contributed by atoms with van der Waals surface area (Å²) >= 11 is 5.83. The molecule has 0 heterocycles. The van der Waals surface area contributed by atoms with Crippen LogP contribution < -0.4 is 9.62 Å². The SMILES string of the molecule is CCC(C(=O)NC1CCCC1)N(CCc1ccccc1)C(=O)CN(c1ccc(Cl)c(C(F)(F)F)c1)S(=O)(=O)c1ccccc1.